The Labute approximate surface area is 115 Å². The molecule has 1 heterocycles. The van der Waals surface area contributed by atoms with Crippen LogP contribution in [0.1, 0.15) is 31.9 Å². The van der Waals surface area contributed by atoms with Gasteiger partial charge in [-0.2, -0.15) is 0 Å². The van der Waals surface area contributed by atoms with Gasteiger partial charge in [0.1, 0.15) is 5.75 Å². The summed E-state index contributed by atoms with van der Waals surface area (Å²) in [7, 11) is 2.13. The zero-order chi connectivity index (χ0) is 14.0. The summed E-state index contributed by atoms with van der Waals surface area (Å²) in [5.74, 6) is 0.946. The maximum absolute atomic E-state index is 5.96. The molecule has 0 radical (unpaired) electrons. The number of benzene rings is 1. The average molecular weight is 264 g/mol. The Kier molecular flexibility index (Phi) is 4.02. The fourth-order valence-electron chi connectivity index (χ4n) is 2.60. The maximum atomic E-state index is 5.96. The molecule has 0 unspecified atom stereocenters. The van der Waals surface area contributed by atoms with Gasteiger partial charge in [0.15, 0.2) is 6.79 Å². The molecule has 0 fully saturated rings. The number of hydrogen-bond acceptors (Lipinski definition) is 4. The minimum Gasteiger partial charge on any atom is -0.467 e. The SMILES string of the molecule is CN(Cc1cc(N)cc2c1OCOC2)CC(C)(C)C. The number of fused-ring (bicyclic) bond motifs is 1. The molecule has 0 spiro atoms. The van der Waals surface area contributed by atoms with Crippen molar-refractivity contribution in [1.29, 1.82) is 0 Å². The first-order valence-electron chi connectivity index (χ1n) is 6.65. The number of anilines is 1. The number of nitrogen functional groups attached to an aromatic ring is 1. The minimum absolute atomic E-state index is 0.277. The maximum Gasteiger partial charge on any atom is 0.189 e. The third-order valence-corrected chi connectivity index (χ3v) is 2.99. The highest BCUT2D eigenvalue weighted by Gasteiger charge is 2.19. The molecule has 1 aromatic carbocycles. The lowest BCUT2D eigenvalue weighted by molar-refractivity contribution is -0.0174. The van der Waals surface area contributed by atoms with Gasteiger partial charge in [-0.15, -0.1) is 0 Å². The van der Waals surface area contributed by atoms with Crippen molar-refractivity contribution in [3.8, 4) is 5.75 Å². The topological polar surface area (TPSA) is 47.7 Å². The fourth-order valence-corrected chi connectivity index (χ4v) is 2.60. The van der Waals surface area contributed by atoms with Crippen molar-refractivity contribution >= 4 is 5.69 Å². The third-order valence-electron chi connectivity index (χ3n) is 2.99. The van der Waals surface area contributed by atoms with Gasteiger partial charge in [-0.05, 0) is 24.6 Å². The zero-order valence-corrected chi connectivity index (χ0v) is 12.3. The predicted molar refractivity (Wildman–Crippen MR) is 76.9 cm³/mol. The first-order valence-corrected chi connectivity index (χ1v) is 6.65. The van der Waals surface area contributed by atoms with Crippen LogP contribution < -0.4 is 10.5 Å². The predicted octanol–water partition coefficient (Wildman–Crippen LogP) is 2.61. The van der Waals surface area contributed by atoms with E-state index in [0.717, 1.165) is 35.7 Å². The molecule has 106 valence electrons. The van der Waals surface area contributed by atoms with Gasteiger partial charge in [0, 0.05) is 29.9 Å². The van der Waals surface area contributed by atoms with Crippen LogP contribution in [0.3, 0.4) is 0 Å². The molecule has 1 aliphatic heterocycles. The molecule has 0 aromatic heterocycles. The highest BCUT2D eigenvalue weighted by molar-refractivity contribution is 5.53. The highest BCUT2D eigenvalue weighted by Crippen LogP contribution is 2.31. The molecule has 2 N–H and O–H groups in total. The summed E-state index contributed by atoms with van der Waals surface area (Å²) in [4.78, 5) is 2.30. The van der Waals surface area contributed by atoms with E-state index in [0.29, 0.717) is 13.4 Å². The van der Waals surface area contributed by atoms with Crippen molar-refractivity contribution < 1.29 is 9.47 Å². The van der Waals surface area contributed by atoms with E-state index in [1.165, 1.54) is 0 Å². The van der Waals surface area contributed by atoms with Crippen LogP contribution in [0.4, 0.5) is 5.69 Å². The molecule has 4 heteroatoms. The van der Waals surface area contributed by atoms with Crippen molar-refractivity contribution in [2.24, 2.45) is 5.41 Å². The quantitative estimate of drug-likeness (QED) is 0.853. The van der Waals surface area contributed by atoms with Crippen LogP contribution in [0.5, 0.6) is 5.75 Å². The van der Waals surface area contributed by atoms with E-state index in [1.807, 2.05) is 12.1 Å². The van der Waals surface area contributed by atoms with Crippen LogP contribution >= 0.6 is 0 Å². The number of hydrogen-bond donors (Lipinski definition) is 1. The summed E-state index contributed by atoms with van der Waals surface area (Å²) in [6.07, 6.45) is 0. The van der Waals surface area contributed by atoms with Crippen molar-refractivity contribution in [2.45, 2.75) is 33.9 Å². The highest BCUT2D eigenvalue weighted by atomic mass is 16.7. The van der Waals surface area contributed by atoms with Crippen LogP contribution in [0.15, 0.2) is 12.1 Å². The fraction of sp³-hybridized carbons (Fsp3) is 0.600. The van der Waals surface area contributed by atoms with Gasteiger partial charge < -0.3 is 20.1 Å². The van der Waals surface area contributed by atoms with Gasteiger partial charge in [0.2, 0.25) is 0 Å². The second kappa shape index (κ2) is 5.39. The number of rotatable bonds is 3. The summed E-state index contributed by atoms with van der Waals surface area (Å²) in [6.45, 7) is 9.48. The number of nitrogens with two attached hydrogens (primary N) is 1. The van der Waals surface area contributed by atoms with Crippen LogP contribution in [-0.2, 0) is 17.9 Å². The number of ether oxygens (including phenoxy) is 2. The molecule has 1 aromatic rings. The molecule has 0 saturated carbocycles. The second-order valence-corrected chi connectivity index (χ2v) is 6.51. The average Bonchev–Trinajstić information content (AvgIpc) is 2.25. The largest absolute Gasteiger partial charge is 0.467 e. The Balaban J connectivity index is 2.18. The molecular weight excluding hydrogens is 240 g/mol. The Morgan fingerprint density at radius 2 is 2.05 bits per heavy atom. The van der Waals surface area contributed by atoms with Crippen molar-refractivity contribution in [3.63, 3.8) is 0 Å². The lowest BCUT2D eigenvalue weighted by atomic mass is 9.96. The molecule has 0 bridgehead atoms. The molecule has 0 amide bonds. The first-order chi connectivity index (χ1) is 8.85. The Morgan fingerprint density at radius 1 is 1.32 bits per heavy atom. The van der Waals surface area contributed by atoms with Gasteiger partial charge >= 0.3 is 0 Å². The third kappa shape index (κ3) is 3.85. The van der Waals surface area contributed by atoms with E-state index < -0.39 is 0 Å². The molecule has 0 atom stereocenters. The van der Waals surface area contributed by atoms with E-state index >= 15 is 0 Å². The minimum atomic E-state index is 0.277. The lowest BCUT2D eigenvalue weighted by Gasteiger charge is -2.28. The van der Waals surface area contributed by atoms with E-state index in [9.17, 15) is 0 Å². The Morgan fingerprint density at radius 3 is 2.74 bits per heavy atom. The Hall–Kier alpha value is -1.26. The molecule has 1 aliphatic rings. The standard InChI is InChI=1S/C15H24N2O2/c1-15(2,3)9-17(4)7-11-5-13(16)6-12-8-18-10-19-14(11)12/h5-6H,7-10,16H2,1-4H3. The monoisotopic (exact) mass is 264 g/mol. The second-order valence-electron chi connectivity index (χ2n) is 6.51. The molecular formula is C15H24N2O2. The molecule has 19 heavy (non-hydrogen) atoms. The molecule has 2 rings (SSSR count). The van der Waals surface area contributed by atoms with E-state index in [2.05, 4.69) is 32.7 Å². The van der Waals surface area contributed by atoms with Crippen LogP contribution in [0, 0.1) is 5.41 Å². The lowest BCUT2D eigenvalue weighted by Crippen LogP contribution is -2.29. The zero-order valence-electron chi connectivity index (χ0n) is 12.3. The van der Waals surface area contributed by atoms with Crippen molar-refractivity contribution in [3.05, 3.63) is 23.3 Å². The molecule has 4 nitrogen and oxygen atoms in total. The summed E-state index contributed by atoms with van der Waals surface area (Å²) in [5.41, 5.74) is 9.19. The summed E-state index contributed by atoms with van der Waals surface area (Å²) in [6, 6.07) is 3.94. The van der Waals surface area contributed by atoms with Crippen molar-refractivity contribution in [2.75, 3.05) is 26.1 Å². The van der Waals surface area contributed by atoms with Gasteiger partial charge in [0.05, 0.1) is 6.61 Å². The molecule has 0 saturated heterocycles. The number of nitrogens with zero attached hydrogens (tertiary/aromatic N) is 1. The van der Waals surface area contributed by atoms with Crippen LogP contribution in [-0.4, -0.2) is 25.3 Å². The first kappa shape index (κ1) is 14.2. The normalized spacial score (nSPS) is 15.2. The summed E-state index contributed by atoms with van der Waals surface area (Å²) in [5, 5.41) is 0. The van der Waals surface area contributed by atoms with Gasteiger partial charge in [0.25, 0.3) is 0 Å². The van der Waals surface area contributed by atoms with Gasteiger partial charge in [-0.25, -0.2) is 0 Å². The molecule has 0 aliphatic carbocycles. The van der Waals surface area contributed by atoms with Gasteiger partial charge in [-0.3, -0.25) is 0 Å². The van der Waals surface area contributed by atoms with Gasteiger partial charge in [-0.1, -0.05) is 20.8 Å². The van der Waals surface area contributed by atoms with E-state index in [4.69, 9.17) is 15.2 Å². The van der Waals surface area contributed by atoms with Crippen LogP contribution in [0.25, 0.3) is 0 Å². The summed E-state index contributed by atoms with van der Waals surface area (Å²) < 4.78 is 10.9. The Bertz CT molecular complexity index is 452. The van der Waals surface area contributed by atoms with E-state index in [-0.39, 0.29) is 5.41 Å². The smallest absolute Gasteiger partial charge is 0.189 e. The van der Waals surface area contributed by atoms with E-state index in [1.54, 1.807) is 0 Å². The summed E-state index contributed by atoms with van der Waals surface area (Å²) >= 11 is 0. The van der Waals surface area contributed by atoms with Crippen molar-refractivity contribution in [1.82, 2.24) is 4.90 Å². The van der Waals surface area contributed by atoms with Crippen LogP contribution in [0.2, 0.25) is 0 Å².